The molecule has 0 unspecified atom stereocenters. The zero-order valence-corrected chi connectivity index (χ0v) is 10.9. The maximum atomic E-state index is 10.3. The molecule has 0 bridgehead atoms. The van der Waals surface area contributed by atoms with E-state index in [2.05, 4.69) is 10.5 Å². The number of benzene rings is 1. The van der Waals surface area contributed by atoms with Gasteiger partial charge in [0.25, 0.3) is 0 Å². The lowest BCUT2D eigenvalue weighted by Crippen LogP contribution is -2.24. The molecule has 0 aliphatic rings. The van der Waals surface area contributed by atoms with E-state index < -0.39 is 6.03 Å². The Hall–Kier alpha value is -1.40. The summed E-state index contributed by atoms with van der Waals surface area (Å²) >= 11 is 1.58. The Balaban J connectivity index is 0.00000256. The van der Waals surface area contributed by atoms with Crippen molar-refractivity contribution in [2.75, 3.05) is 12.9 Å². The fraction of sp³-hybridized carbons (Fsp3) is 0.200. The summed E-state index contributed by atoms with van der Waals surface area (Å²) in [7, 11) is 1.63. The van der Waals surface area contributed by atoms with Gasteiger partial charge in [0.2, 0.25) is 0 Å². The predicted molar refractivity (Wildman–Crippen MR) is 72.2 cm³/mol. The number of nitrogens with one attached hydrogen (secondary N) is 1. The van der Waals surface area contributed by atoms with Gasteiger partial charge in [-0.15, -0.1) is 24.2 Å². The van der Waals surface area contributed by atoms with E-state index in [1.807, 2.05) is 24.3 Å². The van der Waals surface area contributed by atoms with Crippen LogP contribution in [-0.2, 0) is 0 Å². The summed E-state index contributed by atoms with van der Waals surface area (Å²) in [5.74, 6) is 1.46. The number of primary amides is 1. The first-order valence-electron chi connectivity index (χ1n) is 4.56. The van der Waals surface area contributed by atoms with Crippen molar-refractivity contribution in [3.05, 3.63) is 24.3 Å². The predicted octanol–water partition coefficient (Wildman–Crippen LogP) is 1.86. The normalized spacial score (nSPS) is 9.71. The molecule has 3 N–H and O–H groups in total. The highest BCUT2D eigenvalue weighted by Crippen LogP contribution is 2.21. The van der Waals surface area contributed by atoms with Gasteiger partial charge in [-0.25, -0.2) is 10.2 Å². The van der Waals surface area contributed by atoms with Gasteiger partial charge in [-0.05, 0) is 18.2 Å². The number of carbonyl (C=O) groups is 1. The highest BCUT2D eigenvalue weighted by atomic mass is 35.5. The summed E-state index contributed by atoms with van der Waals surface area (Å²) in [5.41, 5.74) is 6.96. The molecular formula is C10H14ClN3O2S. The molecule has 1 aromatic carbocycles. The van der Waals surface area contributed by atoms with Crippen molar-refractivity contribution in [3.8, 4) is 5.75 Å². The second-order valence-electron chi connectivity index (χ2n) is 2.78. The lowest BCUT2D eigenvalue weighted by atomic mass is 10.3. The molecule has 94 valence electrons. The third-order valence-electron chi connectivity index (χ3n) is 1.63. The van der Waals surface area contributed by atoms with Gasteiger partial charge in [0.1, 0.15) is 5.75 Å². The van der Waals surface area contributed by atoms with E-state index >= 15 is 0 Å². The fourth-order valence-electron chi connectivity index (χ4n) is 0.971. The highest BCUT2D eigenvalue weighted by molar-refractivity contribution is 7.99. The molecule has 17 heavy (non-hydrogen) atoms. The number of urea groups is 1. The van der Waals surface area contributed by atoms with Crippen LogP contribution in [0.4, 0.5) is 4.79 Å². The first-order chi connectivity index (χ1) is 7.72. The lowest BCUT2D eigenvalue weighted by molar-refractivity contribution is 0.249. The highest BCUT2D eigenvalue weighted by Gasteiger charge is 1.95. The number of rotatable bonds is 5. The number of nitrogens with zero attached hydrogens (tertiary/aromatic N) is 1. The van der Waals surface area contributed by atoms with Crippen LogP contribution in [0.5, 0.6) is 5.75 Å². The quantitative estimate of drug-likeness (QED) is 0.489. The second-order valence-corrected chi connectivity index (χ2v) is 3.87. The summed E-state index contributed by atoms with van der Waals surface area (Å²) in [6, 6.07) is 7.04. The summed E-state index contributed by atoms with van der Waals surface area (Å²) in [5, 5.41) is 3.63. The first kappa shape index (κ1) is 15.6. The van der Waals surface area contributed by atoms with Gasteiger partial charge in [-0.3, -0.25) is 0 Å². The molecule has 0 fully saturated rings. The van der Waals surface area contributed by atoms with Gasteiger partial charge in [0.15, 0.2) is 0 Å². The van der Waals surface area contributed by atoms with Crippen molar-refractivity contribution in [2.24, 2.45) is 10.8 Å². The molecule has 0 aliphatic heterocycles. The minimum atomic E-state index is -0.664. The molecule has 0 spiro atoms. The Morgan fingerprint density at radius 3 is 3.06 bits per heavy atom. The Kier molecular flexibility index (Phi) is 8.00. The molecule has 0 heterocycles. The number of hydrogen-bond donors (Lipinski definition) is 2. The molecule has 0 radical (unpaired) electrons. The summed E-state index contributed by atoms with van der Waals surface area (Å²) in [4.78, 5) is 11.4. The van der Waals surface area contributed by atoms with Gasteiger partial charge in [0.05, 0.1) is 7.11 Å². The minimum Gasteiger partial charge on any atom is -0.497 e. The molecule has 2 amide bonds. The third kappa shape index (κ3) is 6.70. The number of thioether (sulfide) groups is 1. The van der Waals surface area contributed by atoms with Gasteiger partial charge >= 0.3 is 6.03 Å². The molecule has 5 nitrogen and oxygen atoms in total. The lowest BCUT2D eigenvalue weighted by Gasteiger charge is -2.01. The van der Waals surface area contributed by atoms with Gasteiger partial charge < -0.3 is 10.5 Å². The zero-order chi connectivity index (χ0) is 11.8. The average Bonchev–Trinajstić information content (AvgIpc) is 2.28. The van der Waals surface area contributed by atoms with Crippen molar-refractivity contribution < 1.29 is 9.53 Å². The van der Waals surface area contributed by atoms with E-state index in [0.29, 0.717) is 5.75 Å². The van der Waals surface area contributed by atoms with Crippen LogP contribution in [0.2, 0.25) is 0 Å². The monoisotopic (exact) mass is 275 g/mol. The van der Waals surface area contributed by atoms with Crippen LogP contribution in [0.1, 0.15) is 0 Å². The van der Waals surface area contributed by atoms with Crippen molar-refractivity contribution in [2.45, 2.75) is 4.90 Å². The SMILES string of the molecule is COc1cccc(SC/C=N/NC(N)=O)c1.Cl. The summed E-state index contributed by atoms with van der Waals surface area (Å²) < 4.78 is 5.09. The first-order valence-corrected chi connectivity index (χ1v) is 5.54. The van der Waals surface area contributed by atoms with Crippen LogP contribution in [0, 0.1) is 0 Å². The fourth-order valence-corrected chi connectivity index (χ4v) is 1.69. The van der Waals surface area contributed by atoms with Crippen LogP contribution in [0.3, 0.4) is 0 Å². The molecule has 0 saturated carbocycles. The maximum absolute atomic E-state index is 10.3. The molecule has 7 heteroatoms. The number of hydrazone groups is 1. The van der Waals surface area contributed by atoms with E-state index in [9.17, 15) is 4.79 Å². The van der Waals surface area contributed by atoms with E-state index in [4.69, 9.17) is 10.5 Å². The topological polar surface area (TPSA) is 76.7 Å². The number of carbonyl (C=O) groups excluding carboxylic acids is 1. The van der Waals surface area contributed by atoms with Crippen LogP contribution >= 0.6 is 24.2 Å². The third-order valence-corrected chi connectivity index (χ3v) is 2.53. The van der Waals surface area contributed by atoms with Crippen molar-refractivity contribution in [1.29, 1.82) is 0 Å². The number of hydrogen-bond acceptors (Lipinski definition) is 4. The zero-order valence-electron chi connectivity index (χ0n) is 9.25. The van der Waals surface area contributed by atoms with Gasteiger partial charge in [-0.2, -0.15) is 5.10 Å². The number of halogens is 1. The van der Waals surface area contributed by atoms with Crippen molar-refractivity contribution >= 4 is 36.4 Å². The van der Waals surface area contributed by atoms with Crippen molar-refractivity contribution in [3.63, 3.8) is 0 Å². The van der Waals surface area contributed by atoms with Gasteiger partial charge in [0, 0.05) is 16.9 Å². The van der Waals surface area contributed by atoms with E-state index in [-0.39, 0.29) is 12.4 Å². The Bertz CT molecular complexity index is 388. The Morgan fingerprint density at radius 1 is 1.65 bits per heavy atom. The van der Waals surface area contributed by atoms with Crippen LogP contribution < -0.4 is 15.9 Å². The summed E-state index contributed by atoms with van der Waals surface area (Å²) in [6.45, 7) is 0. The van der Waals surface area contributed by atoms with Crippen LogP contribution in [0.15, 0.2) is 34.3 Å². The maximum Gasteiger partial charge on any atom is 0.332 e. The smallest absolute Gasteiger partial charge is 0.332 e. The molecule has 0 atom stereocenters. The second kappa shape index (κ2) is 8.72. The molecule has 0 saturated heterocycles. The molecule has 0 aromatic heterocycles. The van der Waals surface area contributed by atoms with E-state index in [0.717, 1.165) is 10.6 Å². The van der Waals surface area contributed by atoms with Crippen LogP contribution in [0.25, 0.3) is 0 Å². The van der Waals surface area contributed by atoms with Crippen LogP contribution in [-0.4, -0.2) is 25.1 Å². The Labute approximate surface area is 110 Å². The standard InChI is InChI=1S/C10H13N3O2S.ClH/c1-15-8-3-2-4-9(7-8)16-6-5-12-13-10(11)14;/h2-5,7H,6H2,1H3,(H3,11,13,14);1H/b12-5+;. The van der Waals surface area contributed by atoms with E-state index in [1.165, 1.54) is 0 Å². The van der Waals surface area contributed by atoms with Crippen molar-refractivity contribution in [1.82, 2.24) is 5.43 Å². The molecule has 0 aliphatic carbocycles. The average molecular weight is 276 g/mol. The number of ether oxygens (including phenoxy) is 1. The Morgan fingerprint density at radius 2 is 2.41 bits per heavy atom. The van der Waals surface area contributed by atoms with E-state index in [1.54, 1.807) is 25.1 Å². The molecule has 1 aromatic rings. The molecular weight excluding hydrogens is 262 g/mol. The molecule has 1 rings (SSSR count). The minimum absolute atomic E-state index is 0. The number of methoxy groups -OCH3 is 1. The number of nitrogens with two attached hydrogens (primary N) is 1. The number of amides is 2. The van der Waals surface area contributed by atoms with Gasteiger partial charge in [-0.1, -0.05) is 6.07 Å². The summed E-state index contributed by atoms with van der Waals surface area (Å²) in [6.07, 6.45) is 1.58. The largest absolute Gasteiger partial charge is 0.497 e.